The molecule has 2 aromatic rings. The van der Waals surface area contributed by atoms with Gasteiger partial charge in [-0.15, -0.1) is 0 Å². The van der Waals surface area contributed by atoms with Crippen LogP contribution in [-0.4, -0.2) is 12.0 Å². The number of fused-ring (bicyclic) bond motifs is 1. The zero-order valence-electron chi connectivity index (χ0n) is 10.8. The maximum absolute atomic E-state index is 13.0. The van der Waals surface area contributed by atoms with E-state index in [1.807, 2.05) is 12.3 Å². The lowest BCUT2D eigenvalue weighted by Gasteiger charge is -2.06. The van der Waals surface area contributed by atoms with Crippen LogP contribution in [0.25, 0.3) is 0 Å². The van der Waals surface area contributed by atoms with Crippen LogP contribution >= 0.6 is 0 Å². The van der Waals surface area contributed by atoms with Gasteiger partial charge in [-0.25, -0.2) is 4.39 Å². The number of rotatable bonds is 3. The minimum Gasteiger partial charge on any atom is -0.398 e. The van der Waals surface area contributed by atoms with E-state index in [-0.39, 0.29) is 12.2 Å². The number of Topliss-reactive ketones (excluding diaryl/α,β-unsaturated/α-hetero) is 1. The minimum absolute atomic E-state index is 0.0480. The summed E-state index contributed by atoms with van der Waals surface area (Å²) in [6.45, 7) is 0. The summed E-state index contributed by atoms with van der Waals surface area (Å²) >= 11 is 0. The molecule has 4 heteroatoms. The Balaban J connectivity index is 1.84. The zero-order valence-corrected chi connectivity index (χ0v) is 10.8. The van der Waals surface area contributed by atoms with E-state index < -0.39 is 5.82 Å². The highest BCUT2D eigenvalue weighted by atomic mass is 19.1. The fraction of sp³-hybridized carbons (Fsp3) is 0.125. The number of anilines is 1. The lowest BCUT2D eigenvalue weighted by molar-refractivity contribution is 0.0993. The largest absolute Gasteiger partial charge is 0.398 e. The van der Waals surface area contributed by atoms with E-state index in [1.54, 1.807) is 18.2 Å². The van der Waals surface area contributed by atoms with Crippen molar-refractivity contribution in [1.29, 1.82) is 0 Å². The summed E-state index contributed by atoms with van der Waals surface area (Å²) in [6, 6.07) is 9.61. The van der Waals surface area contributed by atoms with Crippen molar-refractivity contribution in [3.8, 4) is 0 Å². The van der Waals surface area contributed by atoms with Crippen molar-refractivity contribution in [3.05, 3.63) is 58.9 Å². The van der Waals surface area contributed by atoms with Gasteiger partial charge in [-0.1, -0.05) is 18.2 Å². The molecule has 0 aliphatic carbocycles. The third-order valence-corrected chi connectivity index (χ3v) is 3.41. The Morgan fingerprint density at radius 3 is 2.90 bits per heavy atom. The Bertz CT molecular complexity index is 722. The molecule has 2 aromatic carbocycles. The van der Waals surface area contributed by atoms with Crippen molar-refractivity contribution in [2.45, 2.75) is 12.8 Å². The summed E-state index contributed by atoms with van der Waals surface area (Å²) in [5.74, 6) is -0.446. The molecule has 0 bridgehead atoms. The third kappa shape index (κ3) is 2.32. The zero-order chi connectivity index (χ0) is 14.1. The maximum atomic E-state index is 13.0. The van der Waals surface area contributed by atoms with Gasteiger partial charge < -0.3 is 5.73 Å². The van der Waals surface area contributed by atoms with Crippen LogP contribution < -0.4 is 5.73 Å². The van der Waals surface area contributed by atoms with Gasteiger partial charge in [0, 0.05) is 30.3 Å². The number of carbonyl (C=O) groups is 1. The number of hydrogen-bond donors (Lipinski definition) is 1. The quantitative estimate of drug-likeness (QED) is 0.687. The number of nitrogens with zero attached hydrogens (tertiary/aromatic N) is 1. The fourth-order valence-electron chi connectivity index (χ4n) is 2.27. The van der Waals surface area contributed by atoms with Crippen LogP contribution in [0.15, 0.2) is 41.4 Å². The van der Waals surface area contributed by atoms with Crippen LogP contribution in [0.2, 0.25) is 0 Å². The molecule has 3 nitrogen and oxygen atoms in total. The Morgan fingerprint density at radius 1 is 1.25 bits per heavy atom. The van der Waals surface area contributed by atoms with Crippen molar-refractivity contribution >= 4 is 23.4 Å². The standard InChI is InChI=1S/C16H13FN2O/c17-13-4-3-11(14(18)9-13)8-16(20)12-2-1-10-5-6-19-15(10)7-12/h1-4,6-7,9H,5,8,18H2. The van der Waals surface area contributed by atoms with Crippen LogP contribution in [-0.2, 0) is 12.8 Å². The van der Waals surface area contributed by atoms with Crippen molar-refractivity contribution in [1.82, 2.24) is 0 Å². The molecule has 1 aliphatic rings. The van der Waals surface area contributed by atoms with E-state index in [1.165, 1.54) is 12.1 Å². The number of halogens is 1. The Labute approximate surface area is 116 Å². The van der Waals surface area contributed by atoms with Gasteiger partial charge in [0.15, 0.2) is 5.78 Å². The van der Waals surface area contributed by atoms with Crippen molar-refractivity contribution in [2.24, 2.45) is 4.99 Å². The molecule has 0 aromatic heterocycles. The number of nitrogen functional groups attached to an aromatic ring is 1. The molecular formula is C16H13FN2O. The number of carbonyl (C=O) groups excluding carboxylic acids is 1. The first-order valence-corrected chi connectivity index (χ1v) is 6.36. The molecule has 0 unspecified atom stereocenters. The van der Waals surface area contributed by atoms with Gasteiger partial charge in [-0.05, 0) is 29.3 Å². The summed E-state index contributed by atoms with van der Waals surface area (Å²) < 4.78 is 13.0. The van der Waals surface area contributed by atoms with Gasteiger partial charge in [0.1, 0.15) is 5.82 Å². The number of benzene rings is 2. The summed E-state index contributed by atoms with van der Waals surface area (Å²) in [5, 5.41) is 0. The lowest BCUT2D eigenvalue weighted by Crippen LogP contribution is -2.06. The average molecular weight is 268 g/mol. The van der Waals surface area contributed by atoms with Crippen molar-refractivity contribution in [3.63, 3.8) is 0 Å². The number of nitrogens with two attached hydrogens (primary N) is 1. The van der Waals surface area contributed by atoms with Gasteiger partial charge in [-0.2, -0.15) is 0 Å². The molecule has 0 saturated heterocycles. The summed E-state index contributed by atoms with van der Waals surface area (Å²) in [4.78, 5) is 16.5. The molecule has 0 amide bonds. The van der Waals surface area contributed by atoms with E-state index in [4.69, 9.17) is 5.73 Å². The number of aliphatic imine (C=N–C) groups is 1. The van der Waals surface area contributed by atoms with Crippen molar-refractivity contribution in [2.75, 3.05) is 5.73 Å². The highest BCUT2D eigenvalue weighted by Gasteiger charge is 2.13. The predicted molar refractivity (Wildman–Crippen MR) is 77.1 cm³/mol. The highest BCUT2D eigenvalue weighted by Crippen LogP contribution is 2.26. The monoisotopic (exact) mass is 268 g/mol. The smallest absolute Gasteiger partial charge is 0.167 e. The molecule has 0 fully saturated rings. The normalized spacial score (nSPS) is 12.4. The lowest BCUT2D eigenvalue weighted by atomic mass is 10.00. The molecule has 3 rings (SSSR count). The van der Waals surface area contributed by atoms with E-state index in [9.17, 15) is 9.18 Å². The Morgan fingerprint density at radius 2 is 2.10 bits per heavy atom. The van der Waals surface area contributed by atoms with E-state index >= 15 is 0 Å². The van der Waals surface area contributed by atoms with E-state index in [0.29, 0.717) is 16.8 Å². The van der Waals surface area contributed by atoms with Crippen LogP contribution in [0.5, 0.6) is 0 Å². The molecule has 20 heavy (non-hydrogen) atoms. The summed E-state index contributed by atoms with van der Waals surface area (Å²) in [7, 11) is 0. The maximum Gasteiger partial charge on any atom is 0.167 e. The molecule has 0 saturated carbocycles. The molecule has 100 valence electrons. The van der Waals surface area contributed by atoms with E-state index in [0.717, 1.165) is 17.7 Å². The Hall–Kier alpha value is -2.49. The number of hydrogen-bond acceptors (Lipinski definition) is 3. The second-order valence-corrected chi connectivity index (χ2v) is 4.80. The van der Waals surface area contributed by atoms with E-state index in [2.05, 4.69) is 4.99 Å². The molecular weight excluding hydrogens is 255 g/mol. The number of ketones is 1. The molecule has 0 radical (unpaired) electrons. The van der Waals surface area contributed by atoms with Crippen molar-refractivity contribution < 1.29 is 9.18 Å². The van der Waals surface area contributed by atoms with Crippen LogP contribution in [0.1, 0.15) is 21.5 Å². The molecule has 0 atom stereocenters. The second-order valence-electron chi connectivity index (χ2n) is 4.80. The predicted octanol–water partition coefficient (Wildman–Crippen LogP) is 3.09. The van der Waals surface area contributed by atoms with Gasteiger partial charge in [0.2, 0.25) is 0 Å². The van der Waals surface area contributed by atoms with Crippen LogP contribution in [0.3, 0.4) is 0 Å². The Kier molecular flexibility index (Phi) is 3.06. The van der Waals surface area contributed by atoms with Crippen LogP contribution in [0.4, 0.5) is 15.8 Å². The first kappa shape index (κ1) is 12.5. The van der Waals surface area contributed by atoms with Gasteiger partial charge >= 0.3 is 0 Å². The molecule has 0 spiro atoms. The molecule has 1 aliphatic heterocycles. The van der Waals surface area contributed by atoms with Gasteiger partial charge in [-0.3, -0.25) is 9.79 Å². The minimum atomic E-state index is -0.398. The second kappa shape index (κ2) is 4.89. The molecule has 2 N–H and O–H groups in total. The third-order valence-electron chi connectivity index (χ3n) is 3.41. The highest BCUT2D eigenvalue weighted by molar-refractivity contribution is 5.99. The van der Waals surface area contributed by atoms with Gasteiger partial charge in [0.05, 0.1) is 5.69 Å². The summed E-state index contributed by atoms with van der Waals surface area (Å²) in [6.07, 6.45) is 2.81. The van der Waals surface area contributed by atoms with Gasteiger partial charge in [0.25, 0.3) is 0 Å². The summed E-state index contributed by atoms with van der Waals surface area (Å²) in [5.41, 5.74) is 9.25. The average Bonchev–Trinajstić information content (AvgIpc) is 2.89. The van der Waals surface area contributed by atoms with Crippen LogP contribution in [0, 0.1) is 5.82 Å². The topological polar surface area (TPSA) is 55.5 Å². The first-order chi connectivity index (χ1) is 9.63. The fourth-order valence-corrected chi connectivity index (χ4v) is 2.27. The molecule has 1 heterocycles. The SMILES string of the molecule is Nc1cc(F)ccc1CC(=O)c1ccc2c(c1)N=CC2. The first-order valence-electron chi connectivity index (χ1n) is 6.36.